The van der Waals surface area contributed by atoms with E-state index in [-0.39, 0.29) is 6.61 Å². The first kappa shape index (κ1) is 17.5. The normalized spacial score (nSPS) is 12.0. The number of benzene rings is 1. The van der Waals surface area contributed by atoms with Gasteiger partial charge in [-0.2, -0.15) is 0 Å². The lowest BCUT2D eigenvalue weighted by Gasteiger charge is -2.14. The predicted octanol–water partition coefficient (Wildman–Crippen LogP) is 1.69. The van der Waals surface area contributed by atoms with Gasteiger partial charge in [-0.1, -0.05) is 0 Å². The molecule has 0 bridgehead atoms. The summed E-state index contributed by atoms with van der Waals surface area (Å²) in [7, 11) is 0. The quantitative estimate of drug-likeness (QED) is 0.807. The second-order valence-corrected chi connectivity index (χ2v) is 5.69. The molecule has 1 aromatic heterocycles. The van der Waals surface area contributed by atoms with Crippen molar-refractivity contribution in [3.05, 3.63) is 39.2 Å². The van der Waals surface area contributed by atoms with Crippen LogP contribution in [0.15, 0.2) is 21.3 Å². The van der Waals surface area contributed by atoms with Crippen LogP contribution < -0.4 is 15.7 Å². The zero-order valence-electron chi connectivity index (χ0n) is 13.9. The summed E-state index contributed by atoms with van der Waals surface area (Å²) in [5.41, 5.74) is 1.97. The predicted molar refractivity (Wildman–Crippen MR) is 87.4 cm³/mol. The highest BCUT2D eigenvalue weighted by Gasteiger charge is 2.17. The van der Waals surface area contributed by atoms with Crippen LogP contribution in [0.3, 0.4) is 0 Å². The molecule has 7 heteroatoms. The minimum absolute atomic E-state index is 0.339. The molecule has 0 aliphatic rings. The highest BCUT2D eigenvalue weighted by atomic mass is 16.5. The number of carboxylic acids is 1. The summed E-state index contributed by atoms with van der Waals surface area (Å²) in [6.07, 6.45) is 0. The highest BCUT2D eigenvalue weighted by molar-refractivity contribution is 5.89. The van der Waals surface area contributed by atoms with Gasteiger partial charge in [-0.15, -0.1) is 0 Å². The fraction of sp³-hybridized carbons (Fsp3) is 0.353. The van der Waals surface area contributed by atoms with E-state index in [9.17, 15) is 14.4 Å². The molecule has 128 valence electrons. The second-order valence-electron chi connectivity index (χ2n) is 5.69. The summed E-state index contributed by atoms with van der Waals surface area (Å²) in [6, 6.07) is 2.46. The molecular formula is C17H19NO6. The highest BCUT2D eigenvalue weighted by Crippen LogP contribution is 2.30. The lowest BCUT2D eigenvalue weighted by atomic mass is 10.0. The fourth-order valence-corrected chi connectivity index (χ4v) is 2.29. The molecule has 1 amide bonds. The van der Waals surface area contributed by atoms with Gasteiger partial charge in [0.25, 0.3) is 5.91 Å². The first-order valence-electron chi connectivity index (χ1n) is 7.40. The standard InChI is InChI=1S/C17H19NO6/c1-8-5-12(23-7-14(19)18-11(4)16(20)21)15-9(2)10(3)17(22)24-13(15)6-8/h5-6,11H,7H2,1-4H3,(H,18,19)(H,20,21). The molecular weight excluding hydrogens is 314 g/mol. The maximum Gasteiger partial charge on any atom is 0.339 e. The number of aliphatic carboxylic acids is 1. The van der Waals surface area contributed by atoms with E-state index in [2.05, 4.69) is 5.32 Å². The number of amides is 1. The molecule has 7 nitrogen and oxygen atoms in total. The summed E-state index contributed by atoms with van der Waals surface area (Å²) >= 11 is 0. The Kier molecular flexibility index (Phi) is 4.92. The van der Waals surface area contributed by atoms with Gasteiger partial charge in [-0.3, -0.25) is 9.59 Å². The van der Waals surface area contributed by atoms with Crippen molar-refractivity contribution in [2.45, 2.75) is 33.7 Å². The average Bonchev–Trinajstić information content (AvgIpc) is 2.49. The van der Waals surface area contributed by atoms with Crippen molar-refractivity contribution in [3.8, 4) is 5.75 Å². The number of fused-ring (bicyclic) bond motifs is 1. The van der Waals surface area contributed by atoms with Crippen LogP contribution in [0.5, 0.6) is 5.75 Å². The summed E-state index contributed by atoms with van der Waals surface area (Å²) in [6.45, 7) is 6.28. The summed E-state index contributed by atoms with van der Waals surface area (Å²) in [5.74, 6) is -1.27. The van der Waals surface area contributed by atoms with Crippen LogP contribution in [0.4, 0.5) is 0 Å². The maximum absolute atomic E-state index is 11.8. The van der Waals surface area contributed by atoms with Crippen molar-refractivity contribution >= 4 is 22.8 Å². The van der Waals surface area contributed by atoms with E-state index in [1.165, 1.54) is 6.92 Å². The second kappa shape index (κ2) is 6.74. The third-order valence-corrected chi connectivity index (χ3v) is 3.76. The first-order valence-corrected chi connectivity index (χ1v) is 7.40. The molecule has 0 saturated carbocycles. The summed E-state index contributed by atoms with van der Waals surface area (Å²) < 4.78 is 10.8. The van der Waals surface area contributed by atoms with Crippen molar-refractivity contribution in [2.75, 3.05) is 6.61 Å². The molecule has 2 aromatic rings. The van der Waals surface area contributed by atoms with Crippen LogP contribution in [0, 0.1) is 20.8 Å². The Hall–Kier alpha value is -2.83. The van der Waals surface area contributed by atoms with Gasteiger partial charge in [0.2, 0.25) is 0 Å². The van der Waals surface area contributed by atoms with Gasteiger partial charge in [-0.25, -0.2) is 4.79 Å². The number of ether oxygens (including phenoxy) is 1. The summed E-state index contributed by atoms with van der Waals surface area (Å²) in [4.78, 5) is 34.3. The molecule has 1 atom stereocenters. The number of carboxylic acid groups (broad SMARTS) is 1. The number of hydrogen-bond acceptors (Lipinski definition) is 5. The number of hydrogen-bond donors (Lipinski definition) is 2. The van der Waals surface area contributed by atoms with Crippen molar-refractivity contribution in [3.63, 3.8) is 0 Å². The van der Waals surface area contributed by atoms with Crippen LogP contribution in [0.25, 0.3) is 11.0 Å². The van der Waals surface area contributed by atoms with E-state index in [4.69, 9.17) is 14.3 Å². The fourth-order valence-electron chi connectivity index (χ4n) is 2.29. The van der Waals surface area contributed by atoms with Crippen molar-refractivity contribution in [1.82, 2.24) is 5.32 Å². The first-order chi connectivity index (χ1) is 11.2. The largest absolute Gasteiger partial charge is 0.483 e. The van der Waals surface area contributed by atoms with Gasteiger partial charge in [0.1, 0.15) is 17.4 Å². The molecule has 1 unspecified atom stereocenters. The SMILES string of the molecule is Cc1cc(OCC(=O)NC(C)C(=O)O)c2c(C)c(C)c(=O)oc2c1. The topological polar surface area (TPSA) is 106 Å². The number of aryl methyl sites for hydroxylation is 2. The van der Waals surface area contributed by atoms with E-state index < -0.39 is 23.5 Å². The Morgan fingerprint density at radius 2 is 1.92 bits per heavy atom. The molecule has 0 fully saturated rings. The van der Waals surface area contributed by atoms with Gasteiger partial charge in [-0.05, 0) is 51.0 Å². The van der Waals surface area contributed by atoms with Crippen LogP contribution >= 0.6 is 0 Å². The molecule has 1 aromatic carbocycles. The van der Waals surface area contributed by atoms with Crippen LogP contribution in [-0.4, -0.2) is 29.6 Å². The van der Waals surface area contributed by atoms with Crippen molar-refractivity contribution in [2.24, 2.45) is 0 Å². The maximum atomic E-state index is 11.8. The van der Waals surface area contributed by atoms with E-state index >= 15 is 0 Å². The van der Waals surface area contributed by atoms with Gasteiger partial charge < -0.3 is 19.6 Å². The number of rotatable bonds is 5. The molecule has 2 rings (SSSR count). The van der Waals surface area contributed by atoms with E-state index in [0.717, 1.165) is 11.1 Å². The monoisotopic (exact) mass is 333 g/mol. The number of nitrogens with one attached hydrogen (secondary N) is 1. The average molecular weight is 333 g/mol. The van der Waals surface area contributed by atoms with E-state index in [0.29, 0.717) is 22.3 Å². The Balaban J connectivity index is 2.32. The van der Waals surface area contributed by atoms with Gasteiger partial charge in [0.15, 0.2) is 6.61 Å². The molecule has 24 heavy (non-hydrogen) atoms. The number of carbonyl (C=O) groups is 2. The van der Waals surface area contributed by atoms with Gasteiger partial charge in [0.05, 0.1) is 5.39 Å². The van der Waals surface area contributed by atoms with Crippen LogP contribution in [-0.2, 0) is 9.59 Å². The molecule has 0 spiro atoms. The Labute approximate surface area is 138 Å². The van der Waals surface area contributed by atoms with E-state index in [1.54, 1.807) is 26.0 Å². The summed E-state index contributed by atoms with van der Waals surface area (Å²) in [5, 5.41) is 11.7. The lowest BCUT2D eigenvalue weighted by Crippen LogP contribution is -2.40. The third-order valence-electron chi connectivity index (χ3n) is 3.76. The lowest BCUT2D eigenvalue weighted by molar-refractivity contribution is -0.141. The van der Waals surface area contributed by atoms with Crippen molar-refractivity contribution < 1.29 is 23.8 Å². The molecule has 1 heterocycles. The van der Waals surface area contributed by atoms with Crippen LogP contribution in [0.2, 0.25) is 0 Å². The van der Waals surface area contributed by atoms with Gasteiger partial charge >= 0.3 is 11.6 Å². The smallest absolute Gasteiger partial charge is 0.339 e. The zero-order valence-corrected chi connectivity index (χ0v) is 13.9. The molecule has 0 aliphatic carbocycles. The molecule has 0 radical (unpaired) electrons. The Morgan fingerprint density at radius 3 is 2.54 bits per heavy atom. The minimum atomic E-state index is -1.13. The van der Waals surface area contributed by atoms with E-state index in [1.807, 2.05) is 6.92 Å². The molecule has 0 aliphatic heterocycles. The third kappa shape index (κ3) is 3.56. The zero-order chi connectivity index (χ0) is 18.0. The number of carbonyl (C=O) groups excluding carboxylic acids is 1. The Bertz CT molecular complexity index is 867. The van der Waals surface area contributed by atoms with Crippen LogP contribution in [0.1, 0.15) is 23.6 Å². The minimum Gasteiger partial charge on any atom is -0.483 e. The Morgan fingerprint density at radius 1 is 1.25 bits per heavy atom. The molecule has 0 saturated heterocycles. The van der Waals surface area contributed by atoms with Crippen molar-refractivity contribution in [1.29, 1.82) is 0 Å². The molecule has 2 N–H and O–H groups in total. The van der Waals surface area contributed by atoms with Gasteiger partial charge in [0, 0.05) is 5.56 Å².